The Balaban J connectivity index is 2.07. The Kier molecular flexibility index (Phi) is 10.6. The third-order valence-corrected chi connectivity index (χ3v) is 8.57. The molecule has 0 aliphatic rings. The predicted molar refractivity (Wildman–Crippen MR) is 158 cm³/mol. The zero-order valence-electron chi connectivity index (χ0n) is 23.7. The molecule has 0 saturated carbocycles. The molecule has 0 bridgehead atoms. The molecule has 0 saturated heterocycles. The van der Waals surface area contributed by atoms with E-state index in [-0.39, 0.29) is 34.8 Å². The Morgan fingerprint density at radius 1 is 0.951 bits per heavy atom. The summed E-state index contributed by atoms with van der Waals surface area (Å²) in [6.07, 6.45) is 1.01. The van der Waals surface area contributed by atoms with Gasteiger partial charge in [-0.25, -0.2) is 8.42 Å². The number of rotatable bonds is 13. The number of sulfonamides is 1. The average Bonchev–Trinajstić information content (AvgIpc) is 2.96. The number of nitrogens with one attached hydrogen (secondary N) is 1. The van der Waals surface area contributed by atoms with Gasteiger partial charge in [0, 0.05) is 24.7 Å². The largest absolute Gasteiger partial charge is 0.352 e. The van der Waals surface area contributed by atoms with Gasteiger partial charge in [0.25, 0.3) is 15.7 Å². The molecule has 0 radical (unpaired) electrons. The van der Waals surface area contributed by atoms with E-state index in [9.17, 15) is 28.1 Å². The van der Waals surface area contributed by atoms with Crippen molar-refractivity contribution in [1.29, 1.82) is 0 Å². The number of amides is 2. The van der Waals surface area contributed by atoms with Crippen molar-refractivity contribution < 1.29 is 22.9 Å². The fourth-order valence-corrected chi connectivity index (χ4v) is 5.79. The highest BCUT2D eigenvalue weighted by molar-refractivity contribution is 7.92. The lowest BCUT2D eigenvalue weighted by atomic mass is 10.1. The first kappa shape index (κ1) is 31.3. The molecule has 218 valence electrons. The van der Waals surface area contributed by atoms with Crippen LogP contribution in [0, 0.1) is 17.0 Å². The second-order valence-corrected chi connectivity index (χ2v) is 11.7. The van der Waals surface area contributed by atoms with Gasteiger partial charge in [-0.05, 0) is 56.5 Å². The van der Waals surface area contributed by atoms with E-state index in [0.29, 0.717) is 12.8 Å². The zero-order chi connectivity index (χ0) is 30.2. The summed E-state index contributed by atoms with van der Waals surface area (Å²) < 4.78 is 28.6. The number of hydrogen-bond acceptors (Lipinski definition) is 6. The minimum atomic E-state index is -4.26. The summed E-state index contributed by atoms with van der Waals surface area (Å²) in [5.74, 6) is -0.911. The molecule has 11 heteroatoms. The molecular formula is C30H36N4O6S. The maximum absolute atomic E-state index is 14.1. The topological polar surface area (TPSA) is 130 Å². The van der Waals surface area contributed by atoms with Crippen LogP contribution in [0.2, 0.25) is 0 Å². The third kappa shape index (κ3) is 7.91. The first-order valence-electron chi connectivity index (χ1n) is 13.5. The summed E-state index contributed by atoms with van der Waals surface area (Å²) in [7, 11) is -4.26. The van der Waals surface area contributed by atoms with Gasteiger partial charge >= 0.3 is 0 Å². The van der Waals surface area contributed by atoms with E-state index in [0.717, 1.165) is 15.4 Å². The highest BCUT2D eigenvalue weighted by Crippen LogP contribution is 2.27. The Hall–Kier alpha value is -4.25. The molecule has 0 aromatic heterocycles. The molecule has 2 atom stereocenters. The van der Waals surface area contributed by atoms with E-state index in [1.54, 1.807) is 25.1 Å². The predicted octanol–water partition coefficient (Wildman–Crippen LogP) is 4.82. The van der Waals surface area contributed by atoms with Gasteiger partial charge in [-0.2, -0.15) is 0 Å². The lowest BCUT2D eigenvalue weighted by Gasteiger charge is -2.33. The Morgan fingerprint density at radius 3 is 2.17 bits per heavy atom. The molecule has 10 nitrogen and oxygen atoms in total. The highest BCUT2D eigenvalue weighted by atomic mass is 32.2. The Bertz CT molecular complexity index is 1460. The Labute approximate surface area is 241 Å². The number of carbonyl (C=O) groups excluding carboxylic acids is 2. The van der Waals surface area contributed by atoms with E-state index < -0.39 is 33.4 Å². The molecule has 3 aromatic rings. The summed E-state index contributed by atoms with van der Waals surface area (Å²) in [5.41, 5.74) is 1.64. The van der Waals surface area contributed by atoms with Crippen LogP contribution in [0.3, 0.4) is 0 Å². The highest BCUT2D eigenvalue weighted by Gasteiger charge is 2.34. The van der Waals surface area contributed by atoms with E-state index >= 15 is 0 Å². The number of benzene rings is 3. The van der Waals surface area contributed by atoms with Crippen LogP contribution in [0.1, 0.15) is 44.7 Å². The number of non-ortho nitro benzene ring substituents is 1. The molecule has 2 amide bonds. The van der Waals surface area contributed by atoms with Gasteiger partial charge in [-0.3, -0.25) is 24.0 Å². The molecule has 0 aliphatic carbocycles. The van der Waals surface area contributed by atoms with Gasteiger partial charge in [0.1, 0.15) is 12.6 Å². The minimum Gasteiger partial charge on any atom is -0.352 e. The van der Waals surface area contributed by atoms with Crippen LogP contribution >= 0.6 is 0 Å². The number of nitro benzene ring substituents is 1. The van der Waals surface area contributed by atoms with E-state index in [1.807, 2.05) is 45.0 Å². The van der Waals surface area contributed by atoms with Crippen molar-refractivity contribution in [3.8, 4) is 0 Å². The molecule has 0 aliphatic heterocycles. The van der Waals surface area contributed by atoms with Gasteiger partial charge in [-0.1, -0.05) is 61.9 Å². The number of carbonyl (C=O) groups is 2. The molecule has 0 unspecified atom stereocenters. The van der Waals surface area contributed by atoms with Crippen molar-refractivity contribution in [2.24, 2.45) is 0 Å². The zero-order valence-corrected chi connectivity index (χ0v) is 24.5. The minimum absolute atomic E-state index is 0.0436. The fourth-order valence-electron chi connectivity index (χ4n) is 4.36. The average molecular weight is 581 g/mol. The number of hydrogen-bond donors (Lipinski definition) is 1. The van der Waals surface area contributed by atoms with Gasteiger partial charge in [-0.15, -0.1) is 0 Å². The molecule has 3 aromatic carbocycles. The van der Waals surface area contributed by atoms with Crippen molar-refractivity contribution in [2.45, 2.75) is 64.1 Å². The van der Waals surface area contributed by atoms with Crippen LogP contribution in [0.4, 0.5) is 11.4 Å². The summed E-state index contributed by atoms with van der Waals surface area (Å²) in [6.45, 7) is 7.01. The lowest BCUT2D eigenvalue weighted by molar-refractivity contribution is -0.384. The first-order valence-corrected chi connectivity index (χ1v) is 14.9. The molecule has 41 heavy (non-hydrogen) atoms. The third-order valence-electron chi connectivity index (χ3n) is 6.78. The van der Waals surface area contributed by atoms with Crippen LogP contribution in [-0.2, 0) is 26.2 Å². The van der Waals surface area contributed by atoms with Crippen LogP contribution in [-0.4, -0.2) is 48.7 Å². The SMILES string of the molecule is CC[C@H](C(=O)N[C@@H](C)CC)N(Cc1cccc(C)c1)C(=O)CN(c1ccc([N+](=O)[O-])cc1)S(=O)(=O)c1ccccc1. The fraction of sp³-hybridized carbons (Fsp3) is 0.333. The second kappa shape index (κ2) is 13.9. The van der Waals surface area contributed by atoms with Gasteiger partial charge in [0.05, 0.1) is 15.5 Å². The summed E-state index contributed by atoms with van der Waals surface area (Å²) >= 11 is 0. The monoisotopic (exact) mass is 580 g/mol. The molecule has 1 N–H and O–H groups in total. The smallest absolute Gasteiger partial charge is 0.269 e. The van der Waals surface area contributed by atoms with Crippen LogP contribution < -0.4 is 9.62 Å². The normalized spacial score (nSPS) is 12.7. The van der Waals surface area contributed by atoms with E-state index in [1.165, 1.54) is 41.3 Å². The molecule has 0 spiro atoms. The van der Waals surface area contributed by atoms with E-state index in [2.05, 4.69) is 5.32 Å². The van der Waals surface area contributed by atoms with Crippen molar-refractivity contribution in [2.75, 3.05) is 10.8 Å². The van der Waals surface area contributed by atoms with Gasteiger partial charge < -0.3 is 10.2 Å². The standard InChI is InChI=1S/C30H36N4O6S/c1-5-23(4)31-30(36)28(6-2)32(20-24-12-10-11-22(3)19-24)29(35)21-33(25-15-17-26(18-16-25)34(37)38)41(39,40)27-13-8-7-9-14-27/h7-19,23,28H,5-6,20-21H2,1-4H3,(H,31,36)/t23-,28+/m0/s1. The number of nitrogens with zero attached hydrogens (tertiary/aromatic N) is 3. The molecule has 3 rings (SSSR count). The number of nitro groups is 1. The van der Waals surface area contributed by atoms with Crippen molar-refractivity contribution in [1.82, 2.24) is 10.2 Å². The first-order chi connectivity index (χ1) is 19.5. The van der Waals surface area contributed by atoms with E-state index in [4.69, 9.17) is 0 Å². The molecule has 0 heterocycles. The maximum atomic E-state index is 14.1. The summed E-state index contributed by atoms with van der Waals surface area (Å²) in [4.78, 5) is 39.4. The molecule has 0 fully saturated rings. The van der Waals surface area contributed by atoms with Crippen molar-refractivity contribution in [3.05, 3.63) is 100 Å². The maximum Gasteiger partial charge on any atom is 0.269 e. The number of anilines is 1. The molecular weight excluding hydrogens is 544 g/mol. The Morgan fingerprint density at radius 2 is 1.61 bits per heavy atom. The second-order valence-electron chi connectivity index (χ2n) is 9.85. The van der Waals surface area contributed by atoms with Crippen molar-refractivity contribution >= 4 is 33.2 Å². The quantitative estimate of drug-likeness (QED) is 0.228. The summed E-state index contributed by atoms with van der Waals surface area (Å²) in [5, 5.41) is 14.2. The van der Waals surface area contributed by atoms with Crippen LogP contribution in [0.5, 0.6) is 0 Å². The van der Waals surface area contributed by atoms with Crippen LogP contribution in [0.25, 0.3) is 0 Å². The van der Waals surface area contributed by atoms with Crippen molar-refractivity contribution in [3.63, 3.8) is 0 Å². The van der Waals surface area contributed by atoms with Crippen LogP contribution in [0.15, 0.2) is 83.8 Å². The van der Waals surface area contributed by atoms with Gasteiger partial charge in [0.2, 0.25) is 11.8 Å². The lowest BCUT2D eigenvalue weighted by Crippen LogP contribution is -2.53. The summed E-state index contributed by atoms with van der Waals surface area (Å²) in [6, 6.07) is 19.2. The van der Waals surface area contributed by atoms with Gasteiger partial charge in [0.15, 0.2) is 0 Å². The number of aryl methyl sites for hydroxylation is 1.